The minimum Gasteiger partial charge on any atom is -0.465 e. The second-order valence-electron chi connectivity index (χ2n) is 6.47. The van der Waals surface area contributed by atoms with Gasteiger partial charge in [-0.15, -0.1) is 0 Å². The zero-order chi connectivity index (χ0) is 19.8. The number of nitrogens with one attached hydrogen (secondary N) is 1. The number of ether oxygens (including phenoxy) is 1. The molecule has 0 radical (unpaired) electrons. The molecule has 0 aliphatic carbocycles. The van der Waals surface area contributed by atoms with Crippen molar-refractivity contribution in [3.05, 3.63) is 42.1 Å². The molecule has 0 atom stereocenters. The monoisotopic (exact) mass is 400 g/mol. The van der Waals surface area contributed by atoms with E-state index in [1.165, 1.54) is 44.6 Å². The molecule has 1 amide bonds. The predicted molar refractivity (Wildman–Crippen MR) is 110 cm³/mol. The summed E-state index contributed by atoms with van der Waals surface area (Å²) in [4.78, 5) is 35.3. The standard InChI is InChI=1S/C20H24N4O3S/c1-27-19(26)15-8-4-5-9-16(15)22-18(25)14-28-20-21-11-10-17(23-20)24-12-6-2-3-7-13-24/h4-5,8-11H,2-3,6-7,12-14H2,1H3,(H,22,25). The molecule has 0 saturated carbocycles. The van der Waals surface area contributed by atoms with E-state index >= 15 is 0 Å². The van der Waals surface area contributed by atoms with E-state index in [4.69, 9.17) is 4.74 Å². The average molecular weight is 401 g/mol. The van der Waals surface area contributed by atoms with Crippen molar-refractivity contribution in [2.24, 2.45) is 0 Å². The summed E-state index contributed by atoms with van der Waals surface area (Å²) in [5.41, 5.74) is 0.752. The first-order valence-corrected chi connectivity index (χ1v) is 10.3. The molecule has 148 valence electrons. The molecule has 0 unspecified atom stereocenters. The van der Waals surface area contributed by atoms with Gasteiger partial charge in [0.05, 0.1) is 24.1 Å². The van der Waals surface area contributed by atoms with Crippen LogP contribution in [0.2, 0.25) is 0 Å². The first-order chi connectivity index (χ1) is 13.7. The molecular weight excluding hydrogens is 376 g/mol. The van der Waals surface area contributed by atoms with Gasteiger partial charge in [-0.05, 0) is 31.0 Å². The Morgan fingerprint density at radius 2 is 1.89 bits per heavy atom. The Labute approximate surface area is 168 Å². The number of carbonyl (C=O) groups is 2. The lowest BCUT2D eigenvalue weighted by Gasteiger charge is -2.21. The molecule has 0 bridgehead atoms. The molecule has 3 rings (SSSR count). The Balaban J connectivity index is 1.59. The van der Waals surface area contributed by atoms with Gasteiger partial charge in [-0.1, -0.05) is 36.7 Å². The first kappa shape index (κ1) is 20.1. The highest BCUT2D eigenvalue weighted by Crippen LogP contribution is 2.21. The van der Waals surface area contributed by atoms with Crippen LogP contribution in [0.3, 0.4) is 0 Å². The summed E-state index contributed by atoms with van der Waals surface area (Å²) in [5.74, 6) is 0.344. The number of carbonyl (C=O) groups excluding carboxylic acids is 2. The quantitative estimate of drug-likeness (QED) is 0.452. The van der Waals surface area contributed by atoms with Gasteiger partial charge in [0.1, 0.15) is 5.82 Å². The SMILES string of the molecule is COC(=O)c1ccccc1NC(=O)CSc1nccc(N2CCCCCC2)n1. The fourth-order valence-electron chi connectivity index (χ4n) is 3.07. The highest BCUT2D eigenvalue weighted by Gasteiger charge is 2.15. The second-order valence-corrected chi connectivity index (χ2v) is 7.42. The Kier molecular flexibility index (Phi) is 7.25. The van der Waals surface area contributed by atoms with Crippen LogP contribution in [0.4, 0.5) is 11.5 Å². The number of thioether (sulfide) groups is 1. The fraction of sp³-hybridized carbons (Fsp3) is 0.400. The number of hydrogen-bond acceptors (Lipinski definition) is 7. The lowest BCUT2D eigenvalue weighted by molar-refractivity contribution is -0.113. The number of anilines is 2. The Bertz CT molecular complexity index is 823. The van der Waals surface area contributed by atoms with Crippen LogP contribution in [0.25, 0.3) is 0 Å². The summed E-state index contributed by atoms with van der Waals surface area (Å²) in [6.45, 7) is 2.01. The van der Waals surface area contributed by atoms with Crippen molar-refractivity contribution in [1.29, 1.82) is 0 Å². The third-order valence-electron chi connectivity index (χ3n) is 4.49. The van der Waals surface area contributed by atoms with E-state index in [9.17, 15) is 9.59 Å². The normalized spacial score (nSPS) is 14.2. The van der Waals surface area contributed by atoms with Crippen molar-refractivity contribution >= 4 is 35.1 Å². The number of esters is 1. The van der Waals surface area contributed by atoms with Crippen molar-refractivity contribution in [2.75, 3.05) is 36.2 Å². The van der Waals surface area contributed by atoms with Crippen molar-refractivity contribution in [3.8, 4) is 0 Å². The van der Waals surface area contributed by atoms with E-state index in [1.54, 1.807) is 30.5 Å². The van der Waals surface area contributed by atoms with Crippen molar-refractivity contribution < 1.29 is 14.3 Å². The van der Waals surface area contributed by atoms with E-state index in [-0.39, 0.29) is 11.7 Å². The molecule has 1 fully saturated rings. The van der Waals surface area contributed by atoms with E-state index in [0.29, 0.717) is 16.4 Å². The number of benzene rings is 1. The smallest absolute Gasteiger partial charge is 0.339 e. The zero-order valence-electron chi connectivity index (χ0n) is 15.9. The molecule has 1 aromatic carbocycles. The molecule has 2 aromatic rings. The van der Waals surface area contributed by atoms with Crippen LogP contribution in [0.5, 0.6) is 0 Å². The van der Waals surface area contributed by atoms with Gasteiger partial charge in [0.15, 0.2) is 5.16 Å². The molecule has 1 aliphatic heterocycles. The Morgan fingerprint density at radius 3 is 2.64 bits per heavy atom. The average Bonchev–Trinajstić information content (AvgIpc) is 3.02. The molecular formula is C20H24N4O3S. The lowest BCUT2D eigenvalue weighted by Crippen LogP contribution is -2.25. The summed E-state index contributed by atoms with van der Waals surface area (Å²) in [6, 6.07) is 8.68. The molecule has 0 spiro atoms. The van der Waals surface area contributed by atoms with E-state index in [1.807, 2.05) is 6.07 Å². The molecule has 1 aromatic heterocycles. The number of amides is 1. The number of methoxy groups -OCH3 is 1. The van der Waals surface area contributed by atoms with Crippen LogP contribution in [0, 0.1) is 0 Å². The van der Waals surface area contributed by atoms with Crippen LogP contribution in [0.1, 0.15) is 36.0 Å². The number of rotatable bonds is 6. The molecule has 1 N–H and O–H groups in total. The summed E-state index contributed by atoms with van der Waals surface area (Å²) < 4.78 is 4.75. The first-order valence-electron chi connectivity index (χ1n) is 9.35. The van der Waals surface area contributed by atoms with Crippen molar-refractivity contribution in [2.45, 2.75) is 30.8 Å². The number of nitrogens with zero attached hydrogens (tertiary/aromatic N) is 3. The summed E-state index contributed by atoms with van der Waals surface area (Å²) >= 11 is 1.27. The second kappa shape index (κ2) is 10.1. The van der Waals surface area contributed by atoms with Gasteiger partial charge >= 0.3 is 5.97 Å². The molecule has 28 heavy (non-hydrogen) atoms. The van der Waals surface area contributed by atoms with Crippen LogP contribution >= 0.6 is 11.8 Å². The van der Waals surface area contributed by atoms with E-state index in [0.717, 1.165) is 18.9 Å². The third kappa shape index (κ3) is 5.45. The summed E-state index contributed by atoms with van der Waals surface area (Å²) in [6.07, 6.45) is 6.61. The van der Waals surface area contributed by atoms with Gasteiger partial charge in [0.25, 0.3) is 0 Å². The van der Waals surface area contributed by atoms with Crippen molar-refractivity contribution in [3.63, 3.8) is 0 Å². The van der Waals surface area contributed by atoms with Crippen LogP contribution in [-0.2, 0) is 9.53 Å². The maximum absolute atomic E-state index is 12.3. The highest BCUT2D eigenvalue weighted by molar-refractivity contribution is 7.99. The summed E-state index contributed by atoms with van der Waals surface area (Å²) in [7, 11) is 1.31. The van der Waals surface area contributed by atoms with E-state index < -0.39 is 5.97 Å². The maximum Gasteiger partial charge on any atom is 0.339 e. The van der Waals surface area contributed by atoms with Gasteiger partial charge in [-0.3, -0.25) is 4.79 Å². The van der Waals surface area contributed by atoms with E-state index in [2.05, 4.69) is 20.2 Å². The largest absolute Gasteiger partial charge is 0.465 e. The topological polar surface area (TPSA) is 84.4 Å². The van der Waals surface area contributed by atoms with Gasteiger partial charge in [-0.2, -0.15) is 0 Å². The van der Waals surface area contributed by atoms with Crippen LogP contribution in [0.15, 0.2) is 41.7 Å². The van der Waals surface area contributed by atoms with Crippen molar-refractivity contribution in [1.82, 2.24) is 9.97 Å². The summed E-state index contributed by atoms with van der Waals surface area (Å²) in [5, 5.41) is 3.32. The Morgan fingerprint density at radius 1 is 1.14 bits per heavy atom. The fourth-order valence-corrected chi connectivity index (χ4v) is 3.70. The predicted octanol–water partition coefficient (Wildman–Crippen LogP) is 3.37. The van der Waals surface area contributed by atoms with Gasteiger partial charge in [0.2, 0.25) is 5.91 Å². The molecule has 8 heteroatoms. The minimum atomic E-state index is -0.489. The highest BCUT2D eigenvalue weighted by atomic mass is 32.2. The Hall–Kier alpha value is -2.61. The molecule has 2 heterocycles. The number of para-hydroxylation sites is 1. The zero-order valence-corrected chi connectivity index (χ0v) is 16.7. The van der Waals surface area contributed by atoms with Crippen LogP contribution in [-0.4, -0.2) is 47.8 Å². The minimum absolute atomic E-state index is 0.152. The molecule has 1 saturated heterocycles. The lowest BCUT2D eigenvalue weighted by atomic mass is 10.2. The van der Waals surface area contributed by atoms with Gasteiger partial charge in [0, 0.05) is 19.3 Å². The molecule has 1 aliphatic rings. The maximum atomic E-state index is 12.3. The molecule has 7 nitrogen and oxygen atoms in total. The van der Waals surface area contributed by atoms with Gasteiger partial charge in [-0.25, -0.2) is 14.8 Å². The number of hydrogen-bond donors (Lipinski definition) is 1. The number of aromatic nitrogens is 2. The van der Waals surface area contributed by atoms with Gasteiger partial charge < -0.3 is 15.0 Å². The third-order valence-corrected chi connectivity index (χ3v) is 5.35. The van der Waals surface area contributed by atoms with Crippen LogP contribution < -0.4 is 10.2 Å².